The van der Waals surface area contributed by atoms with Gasteiger partial charge in [-0.1, -0.05) is 12.1 Å². The van der Waals surface area contributed by atoms with E-state index in [0.717, 1.165) is 57.1 Å². The fourth-order valence-electron chi connectivity index (χ4n) is 2.08. The van der Waals surface area contributed by atoms with Crippen LogP contribution in [0, 0.1) is 0 Å². The first-order valence-corrected chi connectivity index (χ1v) is 7.87. The molecular formula is C17H28Cl3N5. The maximum Gasteiger partial charge on any atom is 0.0541 e. The van der Waals surface area contributed by atoms with Crippen LogP contribution < -0.4 is 16.0 Å². The minimum Gasteiger partial charge on any atom is -0.315 e. The molecule has 0 radical (unpaired) electrons. The maximum absolute atomic E-state index is 4.28. The Balaban J connectivity index is 0. The van der Waals surface area contributed by atoms with Gasteiger partial charge in [-0.2, -0.15) is 0 Å². The molecule has 0 spiro atoms. The fourth-order valence-corrected chi connectivity index (χ4v) is 2.08. The van der Waals surface area contributed by atoms with E-state index in [1.807, 2.05) is 48.8 Å². The molecule has 25 heavy (non-hydrogen) atoms. The fraction of sp³-hybridized carbons (Fsp3) is 0.412. The summed E-state index contributed by atoms with van der Waals surface area (Å²) in [6, 6.07) is 12.0. The van der Waals surface area contributed by atoms with Crippen LogP contribution >= 0.6 is 37.2 Å². The van der Waals surface area contributed by atoms with Crippen molar-refractivity contribution in [3.05, 3.63) is 60.2 Å². The Bertz CT molecular complexity index is 455. The maximum atomic E-state index is 4.28. The highest BCUT2D eigenvalue weighted by molar-refractivity contribution is 5.86. The smallest absolute Gasteiger partial charge is 0.0541 e. The summed E-state index contributed by atoms with van der Waals surface area (Å²) in [4.78, 5) is 8.56. The Kier molecular flexibility index (Phi) is 18.8. The standard InChI is InChI=1S/C17H25N5.3ClH/c1-3-10-21-16(6-1)14-19-9-5-8-18-12-13-20-15-17-7-2-4-11-22-17;;;/h1-4,6-7,10-11,18-20H,5,8-9,12-15H2;3*1H. The summed E-state index contributed by atoms with van der Waals surface area (Å²) in [5.74, 6) is 0. The van der Waals surface area contributed by atoms with E-state index in [1.54, 1.807) is 0 Å². The van der Waals surface area contributed by atoms with E-state index in [1.165, 1.54) is 0 Å². The van der Waals surface area contributed by atoms with Gasteiger partial charge in [-0.3, -0.25) is 9.97 Å². The van der Waals surface area contributed by atoms with Crippen molar-refractivity contribution in [1.82, 2.24) is 25.9 Å². The Morgan fingerprint density at radius 2 is 1.08 bits per heavy atom. The van der Waals surface area contributed by atoms with Gasteiger partial charge < -0.3 is 16.0 Å². The van der Waals surface area contributed by atoms with Gasteiger partial charge in [-0.15, -0.1) is 37.2 Å². The zero-order valence-corrected chi connectivity index (χ0v) is 16.6. The number of hydrogen-bond donors (Lipinski definition) is 3. The Hall–Kier alpha value is -0.950. The van der Waals surface area contributed by atoms with Gasteiger partial charge in [-0.25, -0.2) is 0 Å². The molecule has 2 aromatic heterocycles. The third-order valence-electron chi connectivity index (χ3n) is 3.25. The molecule has 5 nitrogen and oxygen atoms in total. The molecule has 0 aromatic carbocycles. The first-order valence-electron chi connectivity index (χ1n) is 7.87. The molecular weight excluding hydrogens is 381 g/mol. The molecule has 0 aliphatic heterocycles. The van der Waals surface area contributed by atoms with Gasteiger partial charge in [0.2, 0.25) is 0 Å². The van der Waals surface area contributed by atoms with Crippen LogP contribution in [0.4, 0.5) is 0 Å². The van der Waals surface area contributed by atoms with Crippen LogP contribution in [0.3, 0.4) is 0 Å². The van der Waals surface area contributed by atoms with Crippen molar-refractivity contribution in [2.75, 3.05) is 26.2 Å². The zero-order chi connectivity index (χ0) is 15.3. The van der Waals surface area contributed by atoms with E-state index in [9.17, 15) is 0 Å². The molecule has 0 unspecified atom stereocenters. The minimum atomic E-state index is 0. The number of nitrogens with zero attached hydrogens (tertiary/aromatic N) is 2. The summed E-state index contributed by atoms with van der Waals surface area (Å²) in [6.45, 7) is 5.64. The molecule has 0 bridgehead atoms. The van der Waals surface area contributed by atoms with Crippen LogP contribution in [0.25, 0.3) is 0 Å². The lowest BCUT2D eigenvalue weighted by atomic mass is 10.3. The first kappa shape index (κ1) is 26.3. The Labute approximate surface area is 169 Å². The zero-order valence-electron chi connectivity index (χ0n) is 14.2. The lowest BCUT2D eigenvalue weighted by molar-refractivity contribution is 0.568. The van der Waals surface area contributed by atoms with Crippen LogP contribution in [0.2, 0.25) is 0 Å². The third-order valence-corrected chi connectivity index (χ3v) is 3.25. The molecule has 0 aliphatic carbocycles. The summed E-state index contributed by atoms with van der Waals surface area (Å²) >= 11 is 0. The van der Waals surface area contributed by atoms with Gasteiger partial charge in [-0.05, 0) is 43.8 Å². The number of pyridine rings is 2. The molecule has 0 saturated heterocycles. The third kappa shape index (κ3) is 13.0. The molecule has 3 N–H and O–H groups in total. The highest BCUT2D eigenvalue weighted by Gasteiger charge is 1.94. The summed E-state index contributed by atoms with van der Waals surface area (Å²) in [7, 11) is 0. The van der Waals surface area contributed by atoms with Gasteiger partial charge in [0.1, 0.15) is 0 Å². The van der Waals surface area contributed by atoms with E-state index >= 15 is 0 Å². The Morgan fingerprint density at radius 3 is 1.60 bits per heavy atom. The molecule has 0 fully saturated rings. The molecule has 0 saturated carbocycles. The van der Waals surface area contributed by atoms with E-state index in [-0.39, 0.29) is 37.2 Å². The summed E-state index contributed by atoms with van der Waals surface area (Å²) in [6.07, 6.45) is 4.77. The van der Waals surface area contributed by atoms with E-state index in [0.29, 0.717) is 0 Å². The van der Waals surface area contributed by atoms with Crippen molar-refractivity contribution in [1.29, 1.82) is 0 Å². The van der Waals surface area contributed by atoms with Gasteiger partial charge in [0, 0.05) is 38.6 Å². The van der Waals surface area contributed by atoms with Crippen LogP contribution in [0.5, 0.6) is 0 Å². The predicted octanol–water partition coefficient (Wildman–Crippen LogP) is 2.60. The lowest BCUT2D eigenvalue weighted by Gasteiger charge is -2.07. The lowest BCUT2D eigenvalue weighted by Crippen LogP contribution is -2.29. The van der Waals surface area contributed by atoms with Crippen molar-refractivity contribution < 1.29 is 0 Å². The van der Waals surface area contributed by atoms with E-state index < -0.39 is 0 Å². The molecule has 142 valence electrons. The average molecular weight is 409 g/mol. The van der Waals surface area contributed by atoms with Gasteiger partial charge >= 0.3 is 0 Å². The predicted molar refractivity (Wildman–Crippen MR) is 111 cm³/mol. The first-order chi connectivity index (χ1) is 10.9. The second-order valence-corrected chi connectivity index (χ2v) is 5.10. The minimum absolute atomic E-state index is 0. The van der Waals surface area contributed by atoms with Crippen molar-refractivity contribution >= 4 is 37.2 Å². The van der Waals surface area contributed by atoms with Gasteiger partial charge in [0.25, 0.3) is 0 Å². The summed E-state index contributed by atoms with van der Waals surface area (Å²) in [5, 5.41) is 10.2. The number of rotatable bonds is 11. The highest BCUT2D eigenvalue weighted by atomic mass is 35.5. The van der Waals surface area contributed by atoms with E-state index in [2.05, 4.69) is 25.9 Å². The molecule has 2 rings (SSSR count). The van der Waals surface area contributed by atoms with E-state index in [4.69, 9.17) is 0 Å². The molecule has 0 atom stereocenters. The molecule has 0 aliphatic rings. The number of halogens is 3. The largest absolute Gasteiger partial charge is 0.315 e. The summed E-state index contributed by atoms with van der Waals surface area (Å²) in [5.41, 5.74) is 2.18. The average Bonchev–Trinajstić information content (AvgIpc) is 2.58. The van der Waals surface area contributed by atoms with Crippen LogP contribution in [-0.4, -0.2) is 36.1 Å². The second kappa shape index (κ2) is 17.9. The van der Waals surface area contributed by atoms with Crippen molar-refractivity contribution in [2.45, 2.75) is 19.5 Å². The second-order valence-electron chi connectivity index (χ2n) is 5.10. The molecule has 2 heterocycles. The molecule has 2 aromatic rings. The van der Waals surface area contributed by atoms with Crippen LogP contribution in [0.1, 0.15) is 17.8 Å². The van der Waals surface area contributed by atoms with Crippen LogP contribution in [-0.2, 0) is 13.1 Å². The van der Waals surface area contributed by atoms with Gasteiger partial charge in [0.05, 0.1) is 11.4 Å². The normalized spacial score (nSPS) is 9.44. The van der Waals surface area contributed by atoms with Gasteiger partial charge in [0.15, 0.2) is 0 Å². The van der Waals surface area contributed by atoms with Crippen molar-refractivity contribution in [3.8, 4) is 0 Å². The number of hydrogen-bond acceptors (Lipinski definition) is 5. The summed E-state index contributed by atoms with van der Waals surface area (Å²) < 4.78 is 0. The number of nitrogens with one attached hydrogen (secondary N) is 3. The molecule has 0 amide bonds. The number of aromatic nitrogens is 2. The van der Waals surface area contributed by atoms with Crippen molar-refractivity contribution in [3.63, 3.8) is 0 Å². The molecule has 8 heteroatoms. The topological polar surface area (TPSA) is 61.9 Å². The SMILES string of the molecule is Cl.Cl.Cl.c1ccc(CNCCCNCCNCc2ccccn2)nc1. The quantitative estimate of drug-likeness (QED) is 0.499. The van der Waals surface area contributed by atoms with Crippen molar-refractivity contribution in [2.24, 2.45) is 0 Å². The Morgan fingerprint density at radius 1 is 0.600 bits per heavy atom. The highest BCUT2D eigenvalue weighted by Crippen LogP contribution is 1.92. The monoisotopic (exact) mass is 407 g/mol. The van der Waals surface area contributed by atoms with Crippen LogP contribution in [0.15, 0.2) is 48.8 Å².